The summed E-state index contributed by atoms with van der Waals surface area (Å²) in [7, 11) is 0. The highest BCUT2D eigenvalue weighted by molar-refractivity contribution is 6.68. The van der Waals surface area contributed by atoms with Crippen LogP contribution in [-0.2, 0) is 34.3 Å². The number of hydrogen-bond donors (Lipinski definition) is 0. The standard InChI is InChI=1S/C18H4O2.2C2H4O2.3Al.3O/c1-2-3-4-5-6-7-8-9-10-11-12-13-14-15-16-17-18(19)20;2*1-2(3)4;;;;;;/h1H3,(H,19,20);2*1H3,(H,3,4);;;;;;/q;;;3*+1;;;/p-3. The summed E-state index contributed by atoms with van der Waals surface area (Å²) in [5.41, 5.74) is 0. The van der Waals surface area contributed by atoms with Gasteiger partial charge in [-0.05, 0) is 89.8 Å². The first-order valence-electron chi connectivity index (χ1n) is 8.85. The van der Waals surface area contributed by atoms with Crippen molar-refractivity contribution >= 4 is 63.4 Å². The van der Waals surface area contributed by atoms with Crippen LogP contribution in [0.2, 0.25) is 0 Å². The zero-order valence-electron chi connectivity index (χ0n) is 17.9. The largest absolute Gasteiger partial charge is 0.949 e. The Balaban J connectivity index is 2.57. The molecule has 9 nitrogen and oxygen atoms in total. The first kappa shape index (κ1) is 28.4. The van der Waals surface area contributed by atoms with Crippen molar-refractivity contribution in [3.63, 3.8) is 0 Å². The molecule has 12 heteroatoms. The zero-order chi connectivity index (χ0) is 25.0. The van der Waals surface area contributed by atoms with E-state index in [0.717, 1.165) is 13.8 Å². The predicted octanol–water partition coefficient (Wildman–Crippen LogP) is -1.28. The van der Waals surface area contributed by atoms with E-state index in [1.54, 1.807) is 6.92 Å². The fourth-order valence-electron chi connectivity index (χ4n) is 1.44. The molecule has 0 aromatic rings. The maximum atomic E-state index is 11.8. The van der Waals surface area contributed by atoms with Crippen molar-refractivity contribution in [3.8, 4) is 94.7 Å². The van der Waals surface area contributed by atoms with Crippen LogP contribution < -0.4 is 0 Å². The normalized spacial score (nSPS) is 9.91. The van der Waals surface area contributed by atoms with Crippen molar-refractivity contribution < 1.29 is 34.3 Å². The van der Waals surface area contributed by atoms with Gasteiger partial charge in [-0.25, -0.2) is 4.79 Å². The summed E-state index contributed by atoms with van der Waals surface area (Å²) in [6.07, 6.45) is 0. The molecule has 0 amide bonds. The van der Waals surface area contributed by atoms with Crippen LogP contribution in [0.1, 0.15) is 20.8 Å². The lowest BCUT2D eigenvalue weighted by molar-refractivity contribution is -0.136. The van der Waals surface area contributed by atoms with Crippen LogP contribution in [0, 0.1) is 94.7 Å². The minimum absolute atomic E-state index is 0.668. The first-order chi connectivity index (χ1) is 16.4. The van der Waals surface area contributed by atoms with E-state index in [2.05, 4.69) is 94.7 Å². The quantitative estimate of drug-likeness (QED) is 0.348. The van der Waals surface area contributed by atoms with E-state index >= 15 is 0 Å². The number of carbonyl (C=O) groups excluding carboxylic acids is 3. The molecule has 0 spiro atoms. The summed E-state index contributed by atoms with van der Waals surface area (Å²) in [6, 6.07) is 0. The van der Waals surface area contributed by atoms with Gasteiger partial charge in [-0.15, -0.1) is 0 Å². The van der Waals surface area contributed by atoms with E-state index in [1.807, 2.05) is 0 Å². The van der Waals surface area contributed by atoms with Gasteiger partial charge < -0.3 is 19.9 Å². The predicted molar refractivity (Wildman–Crippen MR) is 118 cm³/mol. The summed E-state index contributed by atoms with van der Waals surface area (Å²) in [5.74, 6) is 36.3. The Bertz CT molecular complexity index is 1300. The molecule has 1 aliphatic heterocycles. The molecule has 1 rings (SSSR count). The number of carbonyl (C=O) groups is 3. The highest BCUT2D eigenvalue weighted by atomic mass is 27.4. The van der Waals surface area contributed by atoms with Crippen molar-refractivity contribution in [2.24, 2.45) is 0 Å². The fourth-order valence-corrected chi connectivity index (χ4v) is 8.23. The molecule has 0 saturated carbocycles. The molecule has 0 aromatic carbocycles. The molecule has 0 unspecified atom stereocenters. The van der Waals surface area contributed by atoms with Gasteiger partial charge >= 0.3 is 51.4 Å². The fraction of sp³-hybridized carbons (Fsp3) is 0.136. The Morgan fingerprint density at radius 2 is 0.853 bits per heavy atom. The van der Waals surface area contributed by atoms with Gasteiger partial charge in [0, 0.05) is 19.8 Å². The molecule has 0 N–H and O–H groups in total. The van der Waals surface area contributed by atoms with Crippen LogP contribution >= 0.6 is 0 Å². The number of hydrogen-bond acceptors (Lipinski definition) is 9. The van der Waals surface area contributed by atoms with Gasteiger partial charge in [0.2, 0.25) is 0 Å². The molecule has 1 heterocycles. The molecule has 160 valence electrons. The van der Waals surface area contributed by atoms with Crippen LogP contribution in [0.25, 0.3) is 0 Å². The van der Waals surface area contributed by atoms with Gasteiger partial charge in [-0.3, -0.25) is 9.59 Å². The van der Waals surface area contributed by atoms with Crippen molar-refractivity contribution in [3.05, 3.63) is 0 Å². The molecular weight excluding hydrogens is 489 g/mol. The smallest absolute Gasteiger partial charge is 0.575 e. The van der Waals surface area contributed by atoms with Crippen molar-refractivity contribution in [1.29, 1.82) is 0 Å². The zero-order valence-corrected chi connectivity index (χ0v) is 21.4. The first-order valence-corrected chi connectivity index (χ1v) is 13.1. The van der Waals surface area contributed by atoms with Crippen LogP contribution in [0.4, 0.5) is 0 Å². The van der Waals surface area contributed by atoms with E-state index in [9.17, 15) is 14.4 Å². The maximum absolute atomic E-state index is 11.8. The van der Waals surface area contributed by atoms with Gasteiger partial charge in [0.25, 0.3) is 11.9 Å². The van der Waals surface area contributed by atoms with Gasteiger partial charge in [-0.2, -0.15) is 0 Å². The van der Waals surface area contributed by atoms with Crippen LogP contribution in [-0.4, -0.2) is 63.4 Å². The van der Waals surface area contributed by atoms with Crippen molar-refractivity contribution in [2.75, 3.05) is 0 Å². The van der Waals surface area contributed by atoms with E-state index in [4.69, 9.17) is 19.9 Å². The maximum Gasteiger partial charge on any atom is 0.949 e. The molecule has 1 saturated heterocycles. The van der Waals surface area contributed by atoms with Gasteiger partial charge in [-0.1, -0.05) is 5.92 Å². The Morgan fingerprint density at radius 3 is 1.21 bits per heavy atom. The summed E-state index contributed by atoms with van der Waals surface area (Å²) in [6.45, 7) is 3.95. The number of rotatable bonds is 3. The van der Waals surface area contributed by atoms with E-state index in [1.165, 1.54) is 0 Å². The van der Waals surface area contributed by atoms with Crippen LogP contribution in [0.5, 0.6) is 0 Å². The van der Waals surface area contributed by atoms with Crippen LogP contribution in [0.3, 0.4) is 0 Å². The van der Waals surface area contributed by atoms with Gasteiger partial charge in [0.05, 0.1) is 0 Å². The summed E-state index contributed by atoms with van der Waals surface area (Å²) < 4.78 is 30.3. The molecule has 0 aliphatic carbocycles. The third kappa shape index (κ3) is 15.2. The highest BCUT2D eigenvalue weighted by Crippen LogP contribution is 2.11. The highest BCUT2D eigenvalue weighted by Gasteiger charge is 2.62. The van der Waals surface area contributed by atoms with E-state index in [0.29, 0.717) is 0 Å². The van der Waals surface area contributed by atoms with Crippen LogP contribution in [0.15, 0.2) is 0 Å². The average molecular weight is 498 g/mol. The topological polar surface area (TPSA) is 107 Å². The van der Waals surface area contributed by atoms with E-state index in [-0.39, 0.29) is 0 Å². The minimum atomic E-state index is -3.15. The summed E-state index contributed by atoms with van der Waals surface area (Å²) in [5, 5.41) is 0. The van der Waals surface area contributed by atoms with E-state index < -0.39 is 63.4 Å². The second kappa shape index (κ2) is 17.9. The molecule has 0 radical (unpaired) electrons. The van der Waals surface area contributed by atoms with Gasteiger partial charge in [0.1, 0.15) is 0 Å². The second-order valence-electron chi connectivity index (χ2n) is 5.02. The van der Waals surface area contributed by atoms with Gasteiger partial charge in [0.15, 0.2) is 0 Å². The third-order valence-corrected chi connectivity index (χ3v) is 9.28. The molecular formula is C22H9Al3O9. The molecule has 1 aliphatic rings. The lowest BCUT2D eigenvalue weighted by Gasteiger charge is -2.25. The second-order valence-corrected chi connectivity index (χ2v) is 10.7. The lowest BCUT2D eigenvalue weighted by Crippen LogP contribution is -2.54. The molecule has 0 atom stereocenters. The third-order valence-electron chi connectivity index (χ3n) is 2.50. The molecule has 0 bridgehead atoms. The lowest BCUT2D eigenvalue weighted by atomic mass is 10.5. The minimum Gasteiger partial charge on any atom is -0.575 e. The van der Waals surface area contributed by atoms with Crippen molar-refractivity contribution in [1.82, 2.24) is 0 Å². The van der Waals surface area contributed by atoms with Crippen molar-refractivity contribution in [2.45, 2.75) is 20.8 Å². The Kier molecular flexibility index (Phi) is 14.9. The molecule has 34 heavy (non-hydrogen) atoms. The Hall–Kier alpha value is -3.63. The summed E-state index contributed by atoms with van der Waals surface area (Å²) in [4.78, 5) is 34.0. The molecule has 0 aromatic heterocycles. The SMILES string of the molecule is CC#CC#CC#CC#CC#CC#CC#CC#CC(=O)[O][Al]1[O][Al]([O]C(C)=O)[O][Al]([O]C(C)=O)[O]1. The molecule has 1 fully saturated rings. The monoisotopic (exact) mass is 498 g/mol. The Morgan fingerprint density at radius 1 is 0.529 bits per heavy atom. The average Bonchev–Trinajstić information content (AvgIpc) is 2.75. The Labute approximate surface area is 212 Å². The summed E-state index contributed by atoms with van der Waals surface area (Å²) >= 11 is -9.20.